The van der Waals surface area contributed by atoms with Crippen molar-refractivity contribution in [1.82, 2.24) is 14.5 Å². The molecule has 4 nitrogen and oxygen atoms in total. The lowest BCUT2D eigenvalue weighted by atomic mass is 9.78. The van der Waals surface area contributed by atoms with Crippen molar-refractivity contribution < 1.29 is 4.79 Å². The molecule has 1 aromatic rings. The molecule has 1 saturated carbocycles. The molecule has 1 aliphatic carbocycles. The minimum atomic E-state index is 0.110. The Balaban J connectivity index is 1.79. The number of imidazole rings is 1. The van der Waals surface area contributed by atoms with Gasteiger partial charge in [-0.05, 0) is 31.6 Å². The van der Waals surface area contributed by atoms with Crippen molar-refractivity contribution in [2.24, 2.45) is 5.92 Å². The number of carbonyl (C=O) groups is 1. The minimum Gasteiger partial charge on any atom is -0.321 e. The summed E-state index contributed by atoms with van der Waals surface area (Å²) in [6, 6.07) is 0.589. The molecular weight excluding hydrogens is 214 g/mol. The van der Waals surface area contributed by atoms with Crippen LogP contribution in [0.1, 0.15) is 38.5 Å². The average Bonchev–Trinajstić information content (AvgIpc) is 2.91. The van der Waals surface area contributed by atoms with E-state index in [-0.39, 0.29) is 6.03 Å². The van der Waals surface area contributed by atoms with Gasteiger partial charge >= 0.3 is 6.03 Å². The van der Waals surface area contributed by atoms with Crippen LogP contribution in [-0.4, -0.2) is 33.1 Å². The topological polar surface area (TPSA) is 38.1 Å². The van der Waals surface area contributed by atoms with Gasteiger partial charge in [0, 0.05) is 25.0 Å². The number of piperidine rings is 1. The van der Waals surface area contributed by atoms with Crippen LogP contribution in [0.5, 0.6) is 0 Å². The van der Waals surface area contributed by atoms with Gasteiger partial charge in [0.1, 0.15) is 6.33 Å². The quantitative estimate of drug-likeness (QED) is 0.690. The predicted octanol–water partition coefficient (Wildman–Crippen LogP) is 2.51. The van der Waals surface area contributed by atoms with Gasteiger partial charge in [0.15, 0.2) is 0 Å². The Hall–Kier alpha value is -1.32. The summed E-state index contributed by atoms with van der Waals surface area (Å²) in [5, 5.41) is 0. The number of likely N-dealkylation sites (tertiary alicyclic amines) is 1. The van der Waals surface area contributed by atoms with Crippen LogP contribution in [-0.2, 0) is 0 Å². The van der Waals surface area contributed by atoms with Gasteiger partial charge in [0.05, 0.1) is 0 Å². The van der Waals surface area contributed by atoms with E-state index in [0.29, 0.717) is 6.04 Å². The molecule has 1 amide bonds. The number of nitrogens with zero attached hydrogens (tertiary/aromatic N) is 3. The lowest BCUT2D eigenvalue weighted by Crippen LogP contribution is -2.50. The van der Waals surface area contributed by atoms with Crippen molar-refractivity contribution >= 4 is 6.03 Å². The molecule has 0 radical (unpaired) electrons. The third-order valence-corrected chi connectivity index (χ3v) is 4.21. The van der Waals surface area contributed by atoms with Crippen LogP contribution in [0.2, 0.25) is 0 Å². The molecule has 92 valence electrons. The summed E-state index contributed by atoms with van der Waals surface area (Å²) in [4.78, 5) is 18.4. The minimum absolute atomic E-state index is 0.110. The lowest BCUT2D eigenvalue weighted by Gasteiger charge is -2.43. The maximum Gasteiger partial charge on any atom is 0.329 e. The number of amides is 1. The van der Waals surface area contributed by atoms with E-state index in [9.17, 15) is 4.79 Å². The third-order valence-electron chi connectivity index (χ3n) is 4.21. The number of carbonyl (C=O) groups excluding carboxylic acids is 1. The molecule has 17 heavy (non-hydrogen) atoms. The summed E-state index contributed by atoms with van der Waals surface area (Å²) < 4.78 is 1.61. The first kappa shape index (κ1) is 10.8. The van der Waals surface area contributed by atoms with Gasteiger partial charge < -0.3 is 4.90 Å². The molecule has 0 N–H and O–H groups in total. The van der Waals surface area contributed by atoms with E-state index >= 15 is 0 Å². The monoisotopic (exact) mass is 233 g/mol. The van der Waals surface area contributed by atoms with E-state index in [1.165, 1.54) is 32.1 Å². The smallest absolute Gasteiger partial charge is 0.321 e. The zero-order valence-electron chi connectivity index (χ0n) is 10.1. The third kappa shape index (κ3) is 1.96. The van der Waals surface area contributed by atoms with Crippen LogP contribution in [0.25, 0.3) is 0 Å². The van der Waals surface area contributed by atoms with Crippen LogP contribution >= 0.6 is 0 Å². The zero-order valence-corrected chi connectivity index (χ0v) is 10.1. The second-order valence-electron chi connectivity index (χ2n) is 5.20. The molecule has 1 aliphatic heterocycles. The fourth-order valence-electron chi connectivity index (χ4n) is 3.38. The Morgan fingerprint density at radius 2 is 2.00 bits per heavy atom. The average molecular weight is 233 g/mol. The van der Waals surface area contributed by atoms with Crippen molar-refractivity contribution in [2.45, 2.75) is 44.6 Å². The molecule has 2 fully saturated rings. The largest absolute Gasteiger partial charge is 0.329 e. The van der Waals surface area contributed by atoms with Crippen LogP contribution < -0.4 is 0 Å². The van der Waals surface area contributed by atoms with E-state index in [0.717, 1.165) is 18.9 Å². The highest BCUT2D eigenvalue weighted by Gasteiger charge is 2.35. The standard InChI is InChI=1S/C13H19N3O/c17-13(15-9-7-14-10-15)16-8-3-5-11-4-1-2-6-12(11)16/h7,9-12H,1-6,8H2/t11-,12-/m1/s1. The van der Waals surface area contributed by atoms with E-state index < -0.39 is 0 Å². The molecule has 4 heteroatoms. The Morgan fingerprint density at radius 1 is 1.18 bits per heavy atom. The highest BCUT2D eigenvalue weighted by molar-refractivity contribution is 5.77. The van der Waals surface area contributed by atoms with E-state index in [4.69, 9.17) is 0 Å². The SMILES string of the molecule is O=C(N1CCC[C@H]2CCCC[C@H]21)n1ccnc1. The Labute approximate surface area is 102 Å². The first-order valence-corrected chi connectivity index (χ1v) is 6.65. The van der Waals surface area contributed by atoms with Gasteiger partial charge in [-0.3, -0.25) is 4.57 Å². The first-order chi connectivity index (χ1) is 8.36. The van der Waals surface area contributed by atoms with Gasteiger partial charge in [-0.2, -0.15) is 0 Å². The van der Waals surface area contributed by atoms with E-state index in [1.807, 2.05) is 0 Å². The van der Waals surface area contributed by atoms with Gasteiger partial charge in [0.2, 0.25) is 0 Å². The van der Waals surface area contributed by atoms with Gasteiger partial charge in [-0.1, -0.05) is 12.8 Å². The molecule has 0 unspecified atom stereocenters. The summed E-state index contributed by atoms with van der Waals surface area (Å²) in [7, 11) is 0. The highest BCUT2D eigenvalue weighted by Crippen LogP contribution is 2.35. The summed E-state index contributed by atoms with van der Waals surface area (Å²) in [5.41, 5.74) is 0. The normalized spacial score (nSPS) is 28.8. The Kier molecular flexibility index (Phi) is 2.87. The maximum absolute atomic E-state index is 12.4. The first-order valence-electron chi connectivity index (χ1n) is 6.65. The Bertz CT molecular complexity index is 385. The Morgan fingerprint density at radius 3 is 2.82 bits per heavy atom. The number of hydrogen-bond donors (Lipinski definition) is 0. The second-order valence-corrected chi connectivity index (χ2v) is 5.20. The summed E-state index contributed by atoms with van der Waals surface area (Å²) >= 11 is 0. The highest BCUT2D eigenvalue weighted by atomic mass is 16.2. The molecule has 2 heterocycles. The number of rotatable bonds is 0. The number of aromatic nitrogens is 2. The molecule has 2 aliphatic rings. The molecule has 0 bridgehead atoms. The summed E-state index contributed by atoms with van der Waals surface area (Å²) in [6.45, 7) is 0.915. The van der Waals surface area contributed by atoms with Crippen molar-refractivity contribution in [3.63, 3.8) is 0 Å². The van der Waals surface area contributed by atoms with Crippen molar-refractivity contribution in [1.29, 1.82) is 0 Å². The fraction of sp³-hybridized carbons (Fsp3) is 0.692. The van der Waals surface area contributed by atoms with Crippen molar-refractivity contribution in [3.8, 4) is 0 Å². The van der Waals surface area contributed by atoms with Crippen LogP contribution in [0.15, 0.2) is 18.7 Å². The summed E-state index contributed by atoms with van der Waals surface area (Å²) in [5.74, 6) is 0.741. The molecule has 0 spiro atoms. The molecule has 1 saturated heterocycles. The van der Waals surface area contributed by atoms with E-state index in [2.05, 4.69) is 9.88 Å². The van der Waals surface area contributed by atoms with Crippen LogP contribution in [0.4, 0.5) is 4.79 Å². The molecule has 1 aromatic heterocycles. The van der Waals surface area contributed by atoms with Crippen LogP contribution in [0.3, 0.4) is 0 Å². The van der Waals surface area contributed by atoms with E-state index in [1.54, 1.807) is 23.3 Å². The lowest BCUT2D eigenvalue weighted by molar-refractivity contribution is 0.0849. The van der Waals surface area contributed by atoms with Crippen molar-refractivity contribution in [2.75, 3.05) is 6.54 Å². The second kappa shape index (κ2) is 4.51. The molecular formula is C13H19N3O. The maximum atomic E-state index is 12.4. The number of fused-ring (bicyclic) bond motifs is 1. The van der Waals surface area contributed by atoms with Gasteiger partial charge in [-0.25, -0.2) is 9.78 Å². The van der Waals surface area contributed by atoms with Gasteiger partial charge in [-0.15, -0.1) is 0 Å². The molecule has 3 rings (SSSR count). The molecule has 2 atom stereocenters. The van der Waals surface area contributed by atoms with Crippen molar-refractivity contribution in [3.05, 3.63) is 18.7 Å². The molecule has 0 aromatic carbocycles. The summed E-state index contributed by atoms with van der Waals surface area (Å²) in [6.07, 6.45) is 12.6. The predicted molar refractivity (Wildman–Crippen MR) is 64.7 cm³/mol. The van der Waals surface area contributed by atoms with Gasteiger partial charge in [0.25, 0.3) is 0 Å². The number of hydrogen-bond acceptors (Lipinski definition) is 2. The zero-order chi connectivity index (χ0) is 11.7. The van der Waals surface area contributed by atoms with Crippen LogP contribution in [0, 0.1) is 5.92 Å². The fourth-order valence-corrected chi connectivity index (χ4v) is 3.38.